The lowest BCUT2D eigenvalue weighted by Crippen LogP contribution is -2.11. The molecule has 1 aromatic carbocycles. The summed E-state index contributed by atoms with van der Waals surface area (Å²) in [5.74, 6) is -1.37. The van der Waals surface area contributed by atoms with Crippen LogP contribution in [0.15, 0.2) is 12.1 Å². The van der Waals surface area contributed by atoms with Crippen LogP contribution in [0.3, 0.4) is 0 Å². The van der Waals surface area contributed by atoms with Gasteiger partial charge in [-0.25, -0.2) is 0 Å². The molecule has 0 aliphatic rings. The zero-order valence-corrected chi connectivity index (χ0v) is 10.4. The van der Waals surface area contributed by atoms with Crippen molar-refractivity contribution in [3.05, 3.63) is 23.3 Å². The average molecular weight is 276 g/mol. The molecule has 0 saturated carbocycles. The largest absolute Gasteiger partial charge is 0.508 e. The molecule has 0 saturated heterocycles. The number of rotatable bonds is 5. The molecule has 1 aromatic rings. The van der Waals surface area contributed by atoms with Crippen molar-refractivity contribution >= 4 is 5.78 Å². The third kappa shape index (κ3) is 4.15. The van der Waals surface area contributed by atoms with Crippen LogP contribution < -0.4 is 0 Å². The molecule has 6 heteroatoms. The van der Waals surface area contributed by atoms with Crippen LogP contribution in [-0.4, -0.2) is 22.2 Å². The molecule has 0 unspecified atom stereocenters. The monoisotopic (exact) mass is 276 g/mol. The van der Waals surface area contributed by atoms with Gasteiger partial charge in [-0.3, -0.25) is 4.79 Å². The molecule has 2 N–H and O–H groups in total. The Hall–Kier alpha value is -1.72. The number of phenols is 2. The van der Waals surface area contributed by atoms with Gasteiger partial charge in [-0.15, -0.1) is 0 Å². The quantitative estimate of drug-likeness (QED) is 0.808. The van der Waals surface area contributed by atoms with Gasteiger partial charge in [0, 0.05) is 12.0 Å². The number of ketones is 1. The number of alkyl halides is 3. The minimum absolute atomic E-state index is 0.160. The normalized spacial score (nSPS) is 11.6. The number of phenolic OH excluding ortho intramolecular Hbond substituents is 2. The predicted octanol–water partition coefficient (Wildman–Crippen LogP) is 3.58. The zero-order valence-electron chi connectivity index (χ0n) is 10.4. The van der Waals surface area contributed by atoms with Gasteiger partial charge in [0.05, 0.1) is 12.0 Å². The number of Topliss-reactive ketones (excluding diaryl/α,β-unsaturated/α-hetero) is 1. The molecule has 0 amide bonds. The number of halogens is 3. The molecule has 1 rings (SSSR count). The van der Waals surface area contributed by atoms with Gasteiger partial charge >= 0.3 is 6.18 Å². The van der Waals surface area contributed by atoms with E-state index in [2.05, 4.69) is 0 Å². The third-order valence-corrected chi connectivity index (χ3v) is 2.69. The van der Waals surface area contributed by atoms with Crippen molar-refractivity contribution in [2.45, 2.75) is 38.8 Å². The highest BCUT2D eigenvalue weighted by Gasteiger charge is 2.29. The Morgan fingerprint density at radius 3 is 2.42 bits per heavy atom. The Morgan fingerprint density at radius 2 is 1.89 bits per heavy atom. The second-order valence-corrected chi connectivity index (χ2v) is 4.25. The molecule has 0 aliphatic carbocycles. The summed E-state index contributed by atoms with van der Waals surface area (Å²) < 4.78 is 36.1. The van der Waals surface area contributed by atoms with Crippen molar-refractivity contribution in [1.82, 2.24) is 0 Å². The molecule has 0 radical (unpaired) electrons. The standard InChI is InChI=1S/C13H15F3O3/c1-2-3-8-10(17)5-4-9(12(8)19)11(18)6-7-13(14,15)16/h4-5,17,19H,2-3,6-7H2,1H3. The molecule has 19 heavy (non-hydrogen) atoms. The predicted molar refractivity (Wildman–Crippen MR) is 63.4 cm³/mol. The summed E-state index contributed by atoms with van der Waals surface area (Å²) in [5.41, 5.74) is 0.0193. The zero-order chi connectivity index (χ0) is 14.6. The SMILES string of the molecule is CCCc1c(O)ccc(C(=O)CCC(F)(F)F)c1O. The fourth-order valence-corrected chi connectivity index (χ4v) is 1.74. The van der Waals surface area contributed by atoms with Gasteiger partial charge < -0.3 is 10.2 Å². The summed E-state index contributed by atoms with van der Waals surface area (Å²) in [6, 6.07) is 2.36. The average Bonchev–Trinajstić information content (AvgIpc) is 2.31. The summed E-state index contributed by atoms with van der Waals surface area (Å²) in [7, 11) is 0. The highest BCUT2D eigenvalue weighted by Crippen LogP contribution is 2.33. The maximum absolute atomic E-state index is 12.0. The number of aromatic hydroxyl groups is 2. The van der Waals surface area contributed by atoms with Crippen LogP contribution in [0.2, 0.25) is 0 Å². The van der Waals surface area contributed by atoms with E-state index in [0.717, 1.165) is 6.07 Å². The molecule has 0 spiro atoms. The lowest BCUT2D eigenvalue weighted by atomic mass is 9.99. The topological polar surface area (TPSA) is 57.5 Å². The highest BCUT2D eigenvalue weighted by molar-refractivity contribution is 5.99. The van der Waals surface area contributed by atoms with Gasteiger partial charge in [-0.05, 0) is 18.6 Å². The van der Waals surface area contributed by atoms with E-state index < -0.39 is 30.6 Å². The Balaban J connectivity index is 2.95. The van der Waals surface area contributed by atoms with E-state index in [0.29, 0.717) is 12.8 Å². The van der Waals surface area contributed by atoms with Crippen molar-refractivity contribution in [3.8, 4) is 11.5 Å². The molecule has 106 valence electrons. The van der Waals surface area contributed by atoms with Crippen molar-refractivity contribution in [1.29, 1.82) is 0 Å². The molecule has 0 heterocycles. The minimum atomic E-state index is -4.41. The Labute approximate surface area is 108 Å². The van der Waals surface area contributed by atoms with Gasteiger partial charge in [0.2, 0.25) is 0 Å². The molecule has 0 aromatic heterocycles. The van der Waals surface area contributed by atoms with E-state index in [1.807, 2.05) is 6.92 Å². The number of carbonyl (C=O) groups excluding carboxylic acids is 1. The van der Waals surface area contributed by atoms with E-state index in [1.54, 1.807) is 0 Å². The Bertz CT molecular complexity index is 467. The summed E-state index contributed by atoms with van der Waals surface area (Å²) in [6.45, 7) is 1.82. The second kappa shape index (κ2) is 5.95. The maximum atomic E-state index is 12.0. The lowest BCUT2D eigenvalue weighted by molar-refractivity contribution is -0.133. The van der Waals surface area contributed by atoms with Crippen molar-refractivity contribution < 1.29 is 28.2 Å². The van der Waals surface area contributed by atoms with Gasteiger partial charge in [0.15, 0.2) is 5.78 Å². The first kappa shape index (κ1) is 15.3. The van der Waals surface area contributed by atoms with Crippen molar-refractivity contribution in [2.75, 3.05) is 0 Å². The van der Waals surface area contributed by atoms with Crippen LogP contribution in [0.4, 0.5) is 13.2 Å². The number of hydrogen-bond acceptors (Lipinski definition) is 3. The first-order chi connectivity index (χ1) is 8.76. The Morgan fingerprint density at radius 1 is 1.26 bits per heavy atom. The van der Waals surface area contributed by atoms with Gasteiger partial charge in [-0.1, -0.05) is 13.3 Å². The van der Waals surface area contributed by atoms with Gasteiger partial charge in [0.1, 0.15) is 11.5 Å². The van der Waals surface area contributed by atoms with Crippen LogP contribution in [0.1, 0.15) is 42.1 Å². The molecule has 0 fully saturated rings. The highest BCUT2D eigenvalue weighted by atomic mass is 19.4. The molecule has 0 aliphatic heterocycles. The fraction of sp³-hybridized carbons (Fsp3) is 0.462. The third-order valence-electron chi connectivity index (χ3n) is 2.69. The van der Waals surface area contributed by atoms with Crippen LogP contribution in [0.25, 0.3) is 0 Å². The van der Waals surface area contributed by atoms with Gasteiger partial charge in [0.25, 0.3) is 0 Å². The number of hydrogen-bond donors (Lipinski definition) is 2. The van der Waals surface area contributed by atoms with Crippen LogP contribution in [0, 0.1) is 0 Å². The summed E-state index contributed by atoms with van der Waals surface area (Å²) in [5, 5.41) is 19.4. The van der Waals surface area contributed by atoms with Crippen LogP contribution >= 0.6 is 0 Å². The van der Waals surface area contributed by atoms with E-state index in [-0.39, 0.29) is 16.9 Å². The smallest absolute Gasteiger partial charge is 0.389 e. The van der Waals surface area contributed by atoms with E-state index in [9.17, 15) is 28.2 Å². The molecule has 0 atom stereocenters. The maximum Gasteiger partial charge on any atom is 0.389 e. The van der Waals surface area contributed by atoms with Crippen molar-refractivity contribution in [2.24, 2.45) is 0 Å². The van der Waals surface area contributed by atoms with Crippen LogP contribution in [0.5, 0.6) is 11.5 Å². The summed E-state index contributed by atoms with van der Waals surface area (Å²) in [4.78, 5) is 11.6. The van der Waals surface area contributed by atoms with E-state index in [4.69, 9.17) is 0 Å². The van der Waals surface area contributed by atoms with E-state index in [1.165, 1.54) is 6.07 Å². The second-order valence-electron chi connectivity index (χ2n) is 4.25. The summed E-state index contributed by atoms with van der Waals surface area (Å²) in [6.07, 6.45) is -5.38. The molecule has 3 nitrogen and oxygen atoms in total. The lowest BCUT2D eigenvalue weighted by Gasteiger charge is -2.11. The first-order valence-corrected chi connectivity index (χ1v) is 5.90. The number of benzene rings is 1. The molecular formula is C13H15F3O3. The van der Waals surface area contributed by atoms with Crippen LogP contribution in [-0.2, 0) is 6.42 Å². The summed E-state index contributed by atoms with van der Waals surface area (Å²) >= 11 is 0. The molecule has 0 bridgehead atoms. The minimum Gasteiger partial charge on any atom is -0.508 e. The van der Waals surface area contributed by atoms with Crippen molar-refractivity contribution in [3.63, 3.8) is 0 Å². The van der Waals surface area contributed by atoms with E-state index >= 15 is 0 Å². The first-order valence-electron chi connectivity index (χ1n) is 5.90. The number of carbonyl (C=O) groups is 1. The van der Waals surface area contributed by atoms with Gasteiger partial charge in [-0.2, -0.15) is 13.2 Å². The Kier molecular flexibility index (Phi) is 4.80. The fourth-order valence-electron chi connectivity index (χ4n) is 1.74. The molecular weight excluding hydrogens is 261 g/mol.